The van der Waals surface area contributed by atoms with E-state index in [0.717, 1.165) is 15.9 Å². The molecule has 0 saturated heterocycles. The van der Waals surface area contributed by atoms with E-state index in [1.807, 2.05) is 25.1 Å². The molecule has 6 nitrogen and oxygen atoms in total. The van der Waals surface area contributed by atoms with Crippen molar-refractivity contribution >= 4 is 15.9 Å². The van der Waals surface area contributed by atoms with Gasteiger partial charge in [0, 0.05) is 0 Å². The fraction of sp³-hybridized carbons (Fsp3) is 0.300. The highest BCUT2D eigenvalue weighted by atomic mass is 79.9. The predicted molar refractivity (Wildman–Crippen MR) is 66.0 cm³/mol. The maximum absolute atomic E-state index is 5.79. The molecule has 2 rings (SSSR count). The van der Waals surface area contributed by atoms with Gasteiger partial charge in [-0.1, -0.05) is 0 Å². The zero-order valence-electron chi connectivity index (χ0n) is 9.46. The van der Waals surface area contributed by atoms with Gasteiger partial charge in [-0.05, 0) is 51.5 Å². The standard InChI is InChI=1S/C10H12BrN5O/c1-6(12)10-13-14-15-16(10)7-3-4-9(17-2)8(11)5-7/h3-6H,12H2,1-2H3. The van der Waals surface area contributed by atoms with Crippen LogP contribution in [-0.4, -0.2) is 27.3 Å². The molecule has 0 saturated carbocycles. The fourth-order valence-electron chi connectivity index (χ4n) is 1.45. The normalized spacial score (nSPS) is 12.5. The highest BCUT2D eigenvalue weighted by Crippen LogP contribution is 2.27. The number of nitrogens with two attached hydrogens (primary N) is 1. The topological polar surface area (TPSA) is 78.8 Å². The molecule has 1 atom stereocenters. The number of ether oxygens (including phenoxy) is 1. The zero-order chi connectivity index (χ0) is 12.4. The number of halogens is 1. The SMILES string of the molecule is COc1ccc(-n2nnnc2C(C)N)cc1Br. The number of rotatable bonds is 3. The molecule has 0 aliphatic rings. The van der Waals surface area contributed by atoms with E-state index >= 15 is 0 Å². The summed E-state index contributed by atoms with van der Waals surface area (Å²) in [6.07, 6.45) is 0. The van der Waals surface area contributed by atoms with E-state index in [1.54, 1.807) is 11.8 Å². The molecule has 1 unspecified atom stereocenters. The van der Waals surface area contributed by atoms with Crippen LogP contribution in [0.2, 0.25) is 0 Å². The van der Waals surface area contributed by atoms with Crippen LogP contribution in [0.4, 0.5) is 0 Å². The number of hydrogen-bond donors (Lipinski definition) is 1. The first-order chi connectivity index (χ1) is 8.13. The smallest absolute Gasteiger partial charge is 0.173 e. The number of nitrogens with zero attached hydrogens (tertiary/aromatic N) is 4. The minimum absolute atomic E-state index is 0.231. The average Bonchev–Trinajstić information content (AvgIpc) is 2.77. The molecule has 0 aliphatic carbocycles. The first-order valence-electron chi connectivity index (χ1n) is 5.01. The zero-order valence-corrected chi connectivity index (χ0v) is 11.0. The van der Waals surface area contributed by atoms with Gasteiger partial charge in [0.15, 0.2) is 5.82 Å². The largest absolute Gasteiger partial charge is 0.496 e. The van der Waals surface area contributed by atoms with Crippen molar-refractivity contribution < 1.29 is 4.74 Å². The highest BCUT2D eigenvalue weighted by Gasteiger charge is 2.13. The lowest BCUT2D eigenvalue weighted by molar-refractivity contribution is 0.412. The molecule has 17 heavy (non-hydrogen) atoms. The van der Waals surface area contributed by atoms with Crippen LogP contribution in [0.25, 0.3) is 5.69 Å². The summed E-state index contributed by atoms with van der Waals surface area (Å²) in [5, 5.41) is 11.4. The van der Waals surface area contributed by atoms with Crippen LogP contribution in [0.1, 0.15) is 18.8 Å². The van der Waals surface area contributed by atoms with E-state index in [9.17, 15) is 0 Å². The van der Waals surface area contributed by atoms with Crippen LogP contribution < -0.4 is 10.5 Å². The van der Waals surface area contributed by atoms with Gasteiger partial charge in [0.05, 0.1) is 23.3 Å². The summed E-state index contributed by atoms with van der Waals surface area (Å²) in [5.74, 6) is 1.37. The maximum atomic E-state index is 5.79. The number of methoxy groups -OCH3 is 1. The summed E-state index contributed by atoms with van der Waals surface area (Å²) < 4.78 is 7.61. The van der Waals surface area contributed by atoms with Crippen molar-refractivity contribution in [2.75, 3.05) is 7.11 Å². The van der Waals surface area contributed by atoms with Crippen LogP contribution in [0.5, 0.6) is 5.75 Å². The minimum atomic E-state index is -0.231. The van der Waals surface area contributed by atoms with Crippen LogP contribution in [0.15, 0.2) is 22.7 Å². The fourth-order valence-corrected chi connectivity index (χ4v) is 1.98. The summed E-state index contributed by atoms with van der Waals surface area (Å²) in [7, 11) is 1.62. The molecular weight excluding hydrogens is 286 g/mol. The Morgan fingerprint density at radius 2 is 2.24 bits per heavy atom. The quantitative estimate of drug-likeness (QED) is 0.928. The van der Waals surface area contributed by atoms with E-state index in [1.165, 1.54) is 0 Å². The van der Waals surface area contributed by atoms with Crippen molar-refractivity contribution in [1.82, 2.24) is 20.2 Å². The summed E-state index contributed by atoms with van der Waals surface area (Å²) in [6.45, 7) is 1.83. The third-order valence-electron chi connectivity index (χ3n) is 2.28. The second-order valence-corrected chi connectivity index (χ2v) is 4.41. The molecule has 2 N–H and O–H groups in total. The van der Waals surface area contributed by atoms with E-state index in [-0.39, 0.29) is 6.04 Å². The first kappa shape index (κ1) is 12.0. The average molecular weight is 298 g/mol. The Kier molecular flexibility index (Phi) is 3.39. The molecule has 2 aromatic rings. The Morgan fingerprint density at radius 1 is 1.47 bits per heavy atom. The van der Waals surface area contributed by atoms with E-state index in [2.05, 4.69) is 31.5 Å². The van der Waals surface area contributed by atoms with Crippen molar-refractivity contribution in [2.24, 2.45) is 5.73 Å². The molecule has 1 heterocycles. The monoisotopic (exact) mass is 297 g/mol. The summed E-state index contributed by atoms with van der Waals surface area (Å²) in [4.78, 5) is 0. The lowest BCUT2D eigenvalue weighted by atomic mass is 10.3. The van der Waals surface area contributed by atoms with E-state index in [0.29, 0.717) is 5.82 Å². The predicted octanol–water partition coefficient (Wildman–Crippen LogP) is 1.45. The molecule has 0 amide bonds. The number of benzene rings is 1. The Balaban J connectivity index is 2.46. The molecule has 0 spiro atoms. The molecule has 0 bridgehead atoms. The summed E-state index contributed by atoms with van der Waals surface area (Å²) in [6, 6.07) is 5.35. The molecule has 7 heteroatoms. The van der Waals surface area contributed by atoms with Gasteiger partial charge in [-0.2, -0.15) is 4.68 Å². The van der Waals surface area contributed by atoms with Gasteiger partial charge in [0.1, 0.15) is 5.75 Å². The molecule has 0 fully saturated rings. The van der Waals surface area contributed by atoms with Crippen LogP contribution in [0.3, 0.4) is 0 Å². The molecule has 0 aliphatic heterocycles. The van der Waals surface area contributed by atoms with Crippen molar-refractivity contribution in [3.8, 4) is 11.4 Å². The minimum Gasteiger partial charge on any atom is -0.496 e. The molecule has 1 aromatic heterocycles. The van der Waals surface area contributed by atoms with Crippen molar-refractivity contribution in [3.05, 3.63) is 28.5 Å². The van der Waals surface area contributed by atoms with Crippen molar-refractivity contribution in [2.45, 2.75) is 13.0 Å². The van der Waals surface area contributed by atoms with Gasteiger partial charge < -0.3 is 10.5 Å². The number of aromatic nitrogens is 4. The van der Waals surface area contributed by atoms with Crippen molar-refractivity contribution in [3.63, 3.8) is 0 Å². The first-order valence-corrected chi connectivity index (χ1v) is 5.80. The maximum Gasteiger partial charge on any atom is 0.173 e. The van der Waals surface area contributed by atoms with Gasteiger partial charge in [-0.15, -0.1) is 5.10 Å². The molecular formula is C10H12BrN5O. The lowest BCUT2D eigenvalue weighted by Gasteiger charge is -2.09. The third kappa shape index (κ3) is 2.29. The van der Waals surface area contributed by atoms with Gasteiger partial charge in [0.2, 0.25) is 0 Å². The number of tetrazole rings is 1. The Bertz CT molecular complexity index is 525. The van der Waals surface area contributed by atoms with Gasteiger partial charge >= 0.3 is 0 Å². The van der Waals surface area contributed by atoms with Gasteiger partial charge in [-0.25, -0.2) is 0 Å². The Morgan fingerprint density at radius 3 is 2.82 bits per heavy atom. The van der Waals surface area contributed by atoms with Gasteiger partial charge in [-0.3, -0.25) is 0 Å². The summed E-state index contributed by atoms with van der Waals surface area (Å²) in [5.41, 5.74) is 6.62. The Labute approximate surface area is 107 Å². The number of hydrogen-bond acceptors (Lipinski definition) is 5. The van der Waals surface area contributed by atoms with E-state index in [4.69, 9.17) is 10.5 Å². The second kappa shape index (κ2) is 4.80. The van der Waals surface area contributed by atoms with Crippen molar-refractivity contribution in [1.29, 1.82) is 0 Å². The molecule has 0 radical (unpaired) electrons. The lowest BCUT2D eigenvalue weighted by Crippen LogP contribution is -2.13. The molecule has 1 aromatic carbocycles. The van der Waals surface area contributed by atoms with Crippen LogP contribution in [0, 0.1) is 0 Å². The summed E-state index contributed by atoms with van der Waals surface area (Å²) >= 11 is 3.42. The van der Waals surface area contributed by atoms with Crippen LogP contribution >= 0.6 is 15.9 Å². The Hall–Kier alpha value is -1.47. The third-order valence-corrected chi connectivity index (χ3v) is 2.90. The second-order valence-electron chi connectivity index (χ2n) is 3.56. The van der Waals surface area contributed by atoms with E-state index < -0.39 is 0 Å². The molecule has 90 valence electrons. The highest BCUT2D eigenvalue weighted by molar-refractivity contribution is 9.10. The van der Waals surface area contributed by atoms with Gasteiger partial charge in [0.25, 0.3) is 0 Å². The van der Waals surface area contributed by atoms with Crippen LogP contribution in [-0.2, 0) is 0 Å².